The summed E-state index contributed by atoms with van der Waals surface area (Å²) in [5.41, 5.74) is 3.60. The smallest absolute Gasteiger partial charge is 0.234 e. The normalized spacial score (nSPS) is 11.2. The number of Topliss-reactive ketones (excluding diaryl/α,β-unsaturated/α-hetero) is 1. The molecule has 3 aromatic heterocycles. The summed E-state index contributed by atoms with van der Waals surface area (Å²) in [4.78, 5) is 29.1. The van der Waals surface area contributed by atoms with Gasteiger partial charge in [-0.15, -0.1) is 21.5 Å². The predicted octanol–water partition coefficient (Wildman–Crippen LogP) is 5.08. The van der Waals surface area contributed by atoms with E-state index < -0.39 is 0 Å². The molecule has 0 atom stereocenters. The second-order valence-electron chi connectivity index (χ2n) is 7.23. The number of carbonyl (C=O) groups is 2. The van der Waals surface area contributed by atoms with Crippen LogP contribution in [0.1, 0.15) is 17.3 Å². The van der Waals surface area contributed by atoms with Gasteiger partial charge in [0.25, 0.3) is 0 Å². The molecule has 0 spiro atoms. The van der Waals surface area contributed by atoms with Crippen molar-refractivity contribution in [2.24, 2.45) is 0 Å². The van der Waals surface area contributed by atoms with Gasteiger partial charge < -0.3 is 5.32 Å². The first-order valence-corrected chi connectivity index (χ1v) is 11.8. The van der Waals surface area contributed by atoms with E-state index in [1.165, 1.54) is 42.2 Å². The van der Waals surface area contributed by atoms with Gasteiger partial charge >= 0.3 is 0 Å². The van der Waals surface area contributed by atoms with Crippen molar-refractivity contribution in [3.05, 3.63) is 71.6 Å². The number of rotatable bonds is 6. The molecule has 3 heterocycles. The Kier molecular flexibility index (Phi) is 5.61. The molecular formula is C23H16FN5O2S2. The van der Waals surface area contributed by atoms with Crippen molar-refractivity contribution >= 4 is 56.3 Å². The van der Waals surface area contributed by atoms with Gasteiger partial charge in [-0.25, -0.2) is 9.37 Å². The third kappa shape index (κ3) is 4.22. The van der Waals surface area contributed by atoms with Crippen molar-refractivity contribution in [2.45, 2.75) is 12.1 Å². The number of hydrogen-bond acceptors (Lipinski definition) is 7. The highest BCUT2D eigenvalue weighted by molar-refractivity contribution is 7.99. The second kappa shape index (κ2) is 8.72. The molecule has 0 saturated carbocycles. The van der Waals surface area contributed by atoms with Crippen LogP contribution in [0.25, 0.3) is 27.0 Å². The number of halogens is 1. The summed E-state index contributed by atoms with van der Waals surface area (Å²) in [6, 6.07) is 13.0. The van der Waals surface area contributed by atoms with Gasteiger partial charge in [-0.2, -0.15) is 0 Å². The van der Waals surface area contributed by atoms with Crippen LogP contribution in [-0.4, -0.2) is 37.0 Å². The number of benzene rings is 2. The lowest BCUT2D eigenvalue weighted by atomic mass is 10.1. The molecule has 2 aromatic carbocycles. The molecule has 0 aliphatic carbocycles. The largest absolute Gasteiger partial charge is 0.325 e. The van der Waals surface area contributed by atoms with Gasteiger partial charge in [-0.1, -0.05) is 23.9 Å². The Morgan fingerprint density at radius 1 is 1.09 bits per heavy atom. The standard InChI is InChI=1S/C23H16FN5O2S2/c1-13(30)14-4-8-17(9-5-14)26-19(31)11-33-23-28-27-21-20-18(15-2-6-16(24)7-3-15)10-32-22(20)25-12-29(21)23/h2-10,12H,11H2,1H3,(H,26,31). The Morgan fingerprint density at radius 2 is 1.85 bits per heavy atom. The van der Waals surface area contributed by atoms with E-state index in [0.29, 0.717) is 22.1 Å². The minimum absolute atomic E-state index is 0.0296. The molecular weight excluding hydrogens is 461 g/mol. The molecule has 0 aliphatic rings. The van der Waals surface area contributed by atoms with Gasteiger partial charge in [0, 0.05) is 22.2 Å². The van der Waals surface area contributed by atoms with E-state index in [9.17, 15) is 14.0 Å². The summed E-state index contributed by atoms with van der Waals surface area (Å²) in [7, 11) is 0. The van der Waals surface area contributed by atoms with Crippen LogP contribution in [0.15, 0.2) is 65.4 Å². The first-order valence-electron chi connectivity index (χ1n) is 9.90. The molecule has 7 nitrogen and oxygen atoms in total. The highest BCUT2D eigenvalue weighted by Gasteiger charge is 2.17. The van der Waals surface area contributed by atoms with Gasteiger partial charge in [-0.3, -0.25) is 14.0 Å². The monoisotopic (exact) mass is 477 g/mol. The molecule has 0 fully saturated rings. The zero-order valence-corrected chi connectivity index (χ0v) is 18.9. The molecule has 5 aromatic rings. The summed E-state index contributed by atoms with van der Waals surface area (Å²) in [5.74, 6) is -0.403. The number of nitrogens with zero attached hydrogens (tertiary/aromatic N) is 4. The van der Waals surface area contributed by atoms with Crippen LogP contribution in [-0.2, 0) is 4.79 Å². The molecule has 0 aliphatic heterocycles. The number of amides is 1. The van der Waals surface area contributed by atoms with Crippen LogP contribution >= 0.6 is 23.1 Å². The third-order valence-electron chi connectivity index (χ3n) is 5.01. The Labute approximate surface area is 195 Å². The second-order valence-corrected chi connectivity index (χ2v) is 9.03. The maximum Gasteiger partial charge on any atom is 0.234 e. The number of carbonyl (C=O) groups excluding carboxylic acids is 2. The van der Waals surface area contributed by atoms with Crippen LogP contribution in [0.5, 0.6) is 0 Å². The number of ketones is 1. The number of anilines is 1. The minimum atomic E-state index is -0.296. The molecule has 0 radical (unpaired) electrons. The van der Waals surface area contributed by atoms with Gasteiger partial charge in [0.1, 0.15) is 17.0 Å². The van der Waals surface area contributed by atoms with E-state index in [-0.39, 0.29) is 23.3 Å². The number of fused-ring (bicyclic) bond motifs is 3. The van der Waals surface area contributed by atoms with Gasteiger partial charge in [0.2, 0.25) is 5.91 Å². The molecule has 1 N–H and O–H groups in total. The van der Waals surface area contributed by atoms with Crippen LogP contribution in [0, 0.1) is 5.82 Å². The topological polar surface area (TPSA) is 89.2 Å². The first kappa shape index (κ1) is 21.2. The van der Waals surface area contributed by atoms with Crippen molar-refractivity contribution in [1.82, 2.24) is 19.6 Å². The molecule has 0 unspecified atom stereocenters. The first-order chi connectivity index (χ1) is 16.0. The minimum Gasteiger partial charge on any atom is -0.325 e. The Hall–Kier alpha value is -3.63. The summed E-state index contributed by atoms with van der Waals surface area (Å²) in [6.45, 7) is 1.49. The lowest BCUT2D eigenvalue weighted by Crippen LogP contribution is -2.14. The number of hydrogen-bond donors (Lipinski definition) is 1. The van der Waals surface area contributed by atoms with E-state index in [2.05, 4.69) is 20.5 Å². The van der Waals surface area contributed by atoms with E-state index >= 15 is 0 Å². The molecule has 5 rings (SSSR count). The molecule has 33 heavy (non-hydrogen) atoms. The fourth-order valence-electron chi connectivity index (χ4n) is 3.38. The van der Waals surface area contributed by atoms with Crippen molar-refractivity contribution < 1.29 is 14.0 Å². The molecule has 164 valence electrons. The number of thiophene rings is 1. The van der Waals surface area contributed by atoms with E-state index in [0.717, 1.165) is 21.3 Å². The average molecular weight is 478 g/mol. The van der Waals surface area contributed by atoms with Crippen LogP contribution < -0.4 is 5.32 Å². The van der Waals surface area contributed by atoms with Gasteiger partial charge in [0.05, 0.1) is 11.1 Å². The molecule has 10 heteroatoms. The van der Waals surface area contributed by atoms with E-state index in [1.54, 1.807) is 47.1 Å². The van der Waals surface area contributed by atoms with Crippen LogP contribution in [0.4, 0.5) is 10.1 Å². The number of aromatic nitrogens is 4. The summed E-state index contributed by atoms with van der Waals surface area (Å²) >= 11 is 2.73. The van der Waals surface area contributed by atoms with Crippen molar-refractivity contribution in [2.75, 3.05) is 11.1 Å². The third-order valence-corrected chi connectivity index (χ3v) is 6.84. The Balaban J connectivity index is 1.36. The maximum absolute atomic E-state index is 13.4. The predicted molar refractivity (Wildman–Crippen MR) is 127 cm³/mol. The average Bonchev–Trinajstić information content (AvgIpc) is 3.42. The number of nitrogens with one attached hydrogen (secondary N) is 1. The van der Waals surface area contributed by atoms with Crippen molar-refractivity contribution in [3.8, 4) is 11.1 Å². The van der Waals surface area contributed by atoms with E-state index in [1.807, 2.05) is 5.38 Å². The number of thioether (sulfide) groups is 1. The zero-order chi connectivity index (χ0) is 22.9. The lowest BCUT2D eigenvalue weighted by molar-refractivity contribution is -0.113. The van der Waals surface area contributed by atoms with Crippen molar-refractivity contribution in [3.63, 3.8) is 0 Å². The zero-order valence-electron chi connectivity index (χ0n) is 17.3. The fraction of sp³-hybridized carbons (Fsp3) is 0.0870. The maximum atomic E-state index is 13.4. The van der Waals surface area contributed by atoms with Gasteiger partial charge in [-0.05, 0) is 48.9 Å². The highest BCUT2D eigenvalue weighted by Crippen LogP contribution is 2.35. The quantitative estimate of drug-likeness (QED) is 0.271. The van der Waals surface area contributed by atoms with Crippen LogP contribution in [0.3, 0.4) is 0 Å². The van der Waals surface area contributed by atoms with Crippen LogP contribution in [0.2, 0.25) is 0 Å². The summed E-state index contributed by atoms with van der Waals surface area (Å²) < 4.78 is 15.1. The van der Waals surface area contributed by atoms with Gasteiger partial charge in [0.15, 0.2) is 16.6 Å². The Morgan fingerprint density at radius 3 is 2.58 bits per heavy atom. The molecule has 0 saturated heterocycles. The highest BCUT2D eigenvalue weighted by atomic mass is 32.2. The van der Waals surface area contributed by atoms with Crippen molar-refractivity contribution in [1.29, 1.82) is 0 Å². The molecule has 1 amide bonds. The summed E-state index contributed by atoms with van der Waals surface area (Å²) in [5, 5.41) is 14.7. The Bertz CT molecular complexity index is 1490. The summed E-state index contributed by atoms with van der Waals surface area (Å²) in [6.07, 6.45) is 1.64. The SMILES string of the molecule is CC(=O)c1ccc(NC(=O)CSc2nnc3c4c(-c5ccc(F)cc5)csc4ncn23)cc1. The van der Waals surface area contributed by atoms with E-state index in [4.69, 9.17) is 0 Å². The molecule has 0 bridgehead atoms. The lowest BCUT2D eigenvalue weighted by Gasteiger charge is -2.05. The fourth-order valence-corrected chi connectivity index (χ4v) is 4.99.